The standard InChI is InChI=1S/C14H20.C9H13NO/c1-14(11-7-2-3-8-12-14)13-9-5-4-6-10-13;1-2-7-8(3-5-10)9(7)4-6-11/h4-6,9-10H,2-3,7-8,11-12H2,1H3;1,6-9H,3-5,10H2. The third-order valence-corrected chi connectivity index (χ3v) is 6.07. The van der Waals surface area contributed by atoms with E-state index in [4.69, 9.17) is 12.2 Å². The van der Waals surface area contributed by atoms with Gasteiger partial charge in [0.25, 0.3) is 0 Å². The number of rotatable bonds is 5. The third-order valence-electron chi connectivity index (χ3n) is 6.07. The van der Waals surface area contributed by atoms with Gasteiger partial charge in [0.05, 0.1) is 0 Å². The van der Waals surface area contributed by atoms with Gasteiger partial charge in [-0.05, 0) is 48.6 Å². The molecule has 1 aromatic rings. The van der Waals surface area contributed by atoms with Gasteiger partial charge < -0.3 is 10.5 Å². The largest absolute Gasteiger partial charge is 0.330 e. The van der Waals surface area contributed by atoms with Crippen molar-refractivity contribution in [1.82, 2.24) is 0 Å². The maximum absolute atomic E-state index is 10.2. The van der Waals surface area contributed by atoms with Crippen molar-refractivity contribution in [2.45, 2.75) is 63.7 Å². The van der Waals surface area contributed by atoms with Crippen LogP contribution in [0.15, 0.2) is 30.3 Å². The molecule has 136 valence electrons. The molecule has 0 radical (unpaired) electrons. The maximum atomic E-state index is 10.2. The Labute approximate surface area is 153 Å². The SMILES string of the molecule is C#CC1C(CC=O)C1CCN.CC1(c2ccccc2)CCCCCC1. The molecule has 2 aliphatic rings. The lowest BCUT2D eigenvalue weighted by Gasteiger charge is -2.28. The molecule has 0 amide bonds. The minimum atomic E-state index is 0.323. The summed E-state index contributed by atoms with van der Waals surface area (Å²) in [4.78, 5) is 10.2. The van der Waals surface area contributed by atoms with Crippen molar-refractivity contribution < 1.29 is 4.79 Å². The molecule has 0 heterocycles. The Morgan fingerprint density at radius 2 is 1.80 bits per heavy atom. The molecule has 0 aliphatic heterocycles. The Morgan fingerprint density at radius 3 is 2.32 bits per heavy atom. The molecular weight excluding hydrogens is 306 g/mol. The van der Waals surface area contributed by atoms with Gasteiger partial charge in [-0.15, -0.1) is 12.3 Å². The predicted molar refractivity (Wildman–Crippen MR) is 105 cm³/mol. The van der Waals surface area contributed by atoms with Crippen LogP contribution >= 0.6 is 0 Å². The van der Waals surface area contributed by atoms with Crippen LogP contribution in [0.3, 0.4) is 0 Å². The normalized spacial score (nSPS) is 27.2. The molecule has 1 aromatic carbocycles. The smallest absolute Gasteiger partial charge is 0.120 e. The summed E-state index contributed by atoms with van der Waals surface area (Å²) in [5, 5.41) is 0. The molecule has 2 aliphatic carbocycles. The fraction of sp³-hybridized carbons (Fsp3) is 0.609. The van der Waals surface area contributed by atoms with E-state index in [1.165, 1.54) is 38.5 Å². The van der Waals surface area contributed by atoms with E-state index >= 15 is 0 Å². The van der Waals surface area contributed by atoms with Crippen LogP contribution < -0.4 is 5.73 Å². The van der Waals surface area contributed by atoms with E-state index in [2.05, 4.69) is 43.2 Å². The number of nitrogens with two attached hydrogens (primary N) is 1. The first-order valence-corrected chi connectivity index (χ1v) is 9.81. The average molecular weight is 340 g/mol. The molecule has 2 nitrogen and oxygen atoms in total. The number of hydrogen-bond acceptors (Lipinski definition) is 2. The zero-order valence-corrected chi connectivity index (χ0v) is 15.6. The fourth-order valence-corrected chi connectivity index (χ4v) is 4.35. The second kappa shape index (κ2) is 9.78. The van der Waals surface area contributed by atoms with Crippen molar-refractivity contribution in [3.05, 3.63) is 35.9 Å². The highest BCUT2D eigenvalue weighted by molar-refractivity contribution is 5.51. The van der Waals surface area contributed by atoms with Crippen LogP contribution in [-0.2, 0) is 10.2 Å². The van der Waals surface area contributed by atoms with E-state index in [-0.39, 0.29) is 0 Å². The van der Waals surface area contributed by atoms with Gasteiger partial charge >= 0.3 is 0 Å². The first-order chi connectivity index (χ1) is 12.2. The zero-order valence-electron chi connectivity index (χ0n) is 15.6. The van der Waals surface area contributed by atoms with Crippen molar-refractivity contribution in [2.24, 2.45) is 23.5 Å². The second-order valence-electron chi connectivity index (χ2n) is 7.84. The molecule has 0 bridgehead atoms. The molecular formula is C23H33NO. The summed E-state index contributed by atoms with van der Waals surface area (Å²) in [5.74, 6) is 3.97. The van der Waals surface area contributed by atoms with Gasteiger partial charge in [0.15, 0.2) is 0 Å². The van der Waals surface area contributed by atoms with Crippen LogP contribution in [0.25, 0.3) is 0 Å². The number of hydrogen-bond donors (Lipinski definition) is 1. The summed E-state index contributed by atoms with van der Waals surface area (Å²) in [6.45, 7) is 3.12. The molecule has 25 heavy (non-hydrogen) atoms. The van der Waals surface area contributed by atoms with Crippen molar-refractivity contribution in [3.63, 3.8) is 0 Å². The molecule has 0 aromatic heterocycles. The molecule has 3 atom stereocenters. The van der Waals surface area contributed by atoms with Crippen LogP contribution in [-0.4, -0.2) is 12.8 Å². The Morgan fingerprint density at radius 1 is 1.16 bits per heavy atom. The van der Waals surface area contributed by atoms with Crippen LogP contribution in [0.5, 0.6) is 0 Å². The van der Waals surface area contributed by atoms with Crippen LogP contribution in [0.4, 0.5) is 0 Å². The highest BCUT2D eigenvalue weighted by atomic mass is 16.1. The molecule has 3 rings (SSSR count). The van der Waals surface area contributed by atoms with Gasteiger partial charge in [0.1, 0.15) is 6.29 Å². The Hall–Kier alpha value is -1.59. The Balaban J connectivity index is 0.000000186. The summed E-state index contributed by atoms with van der Waals surface area (Å²) >= 11 is 0. The summed E-state index contributed by atoms with van der Waals surface area (Å²) in [7, 11) is 0. The number of aldehydes is 1. The van der Waals surface area contributed by atoms with E-state index in [1.54, 1.807) is 5.56 Å². The molecule has 2 heteroatoms. The topological polar surface area (TPSA) is 43.1 Å². The summed E-state index contributed by atoms with van der Waals surface area (Å²) in [6.07, 6.45) is 16.2. The first kappa shape index (κ1) is 19.7. The fourth-order valence-electron chi connectivity index (χ4n) is 4.35. The monoisotopic (exact) mass is 339 g/mol. The highest BCUT2D eigenvalue weighted by Crippen LogP contribution is 2.49. The maximum Gasteiger partial charge on any atom is 0.120 e. The lowest BCUT2D eigenvalue weighted by Crippen LogP contribution is -2.20. The molecule has 2 saturated carbocycles. The van der Waals surface area contributed by atoms with Crippen molar-refractivity contribution in [3.8, 4) is 12.3 Å². The van der Waals surface area contributed by atoms with Crippen molar-refractivity contribution >= 4 is 6.29 Å². The number of benzene rings is 1. The van der Waals surface area contributed by atoms with Gasteiger partial charge in [-0.2, -0.15) is 0 Å². The first-order valence-electron chi connectivity index (χ1n) is 9.81. The van der Waals surface area contributed by atoms with Gasteiger partial charge in [0, 0.05) is 12.3 Å². The minimum Gasteiger partial charge on any atom is -0.330 e. The van der Waals surface area contributed by atoms with Gasteiger partial charge in [-0.25, -0.2) is 0 Å². The molecule has 0 saturated heterocycles. The second-order valence-corrected chi connectivity index (χ2v) is 7.84. The highest BCUT2D eigenvalue weighted by Gasteiger charge is 2.47. The van der Waals surface area contributed by atoms with Crippen LogP contribution in [0.1, 0.15) is 63.9 Å². The minimum absolute atomic E-state index is 0.323. The van der Waals surface area contributed by atoms with E-state index in [0.29, 0.717) is 36.1 Å². The van der Waals surface area contributed by atoms with Crippen LogP contribution in [0, 0.1) is 30.1 Å². The number of terminal acetylenes is 1. The Bertz CT molecular complexity index is 551. The van der Waals surface area contributed by atoms with Crippen molar-refractivity contribution in [1.29, 1.82) is 0 Å². The zero-order chi connectivity index (χ0) is 18.1. The lowest BCUT2D eigenvalue weighted by molar-refractivity contribution is -0.108. The molecule has 2 N–H and O–H groups in total. The van der Waals surface area contributed by atoms with Crippen LogP contribution in [0.2, 0.25) is 0 Å². The lowest BCUT2D eigenvalue weighted by atomic mass is 9.76. The number of carbonyl (C=O) groups excluding carboxylic acids is 1. The quantitative estimate of drug-likeness (QED) is 0.479. The third kappa shape index (κ3) is 5.44. The summed E-state index contributed by atoms with van der Waals surface area (Å²) in [5.41, 5.74) is 7.39. The van der Waals surface area contributed by atoms with Gasteiger partial charge in [-0.3, -0.25) is 0 Å². The van der Waals surface area contributed by atoms with Gasteiger partial charge in [-0.1, -0.05) is 62.9 Å². The average Bonchev–Trinajstić information content (AvgIpc) is 3.36. The Kier molecular flexibility index (Phi) is 7.72. The van der Waals surface area contributed by atoms with E-state index < -0.39 is 0 Å². The van der Waals surface area contributed by atoms with Gasteiger partial charge in [0.2, 0.25) is 0 Å². The van der Waals surface area contributed by atoms with Crippen molar-refractivity contribution in [2.75, 3.05) is 6.54 Å². The van der Waals surface area contributed by atoms with E-state index in [9.17, 15) is 4.79 Å². The van der Waals surface area contributed by atoms with E-state index in [1.807, 2.05) is 0 Å². The molecule has 2 fully saturated rings. The molecule has 0 spiro atoms. The summed E-state index contributed by atoms with van der Waals surface area (Å²) in [6, 6.07) is 11.1. The summed E-state index contributed by atoms with van der Waals surface area (Å²) < 4.78 is 0. The molecule has 3 unspecified atom stereocenters. The predicted octanol–water partition coefficient (Wildman–Crippen LogP) is 4.72. The van der Waals surface area contributed by atoms with E-state index in [0.717, 1.165) is 12.7 Å². The number of carbonyl (C=O) groups is 1.